The fourth-order valence-corrected chi connectivity index (χ4v) is 4.71. The van der Waals surface area contributed by atoms with Gasteiger partial charge in [0.05, 0.1) is 0 Å². The lowest BCUT2D eigenvalue weighted by atomic mass is 9.86. The Morgan fingerprint density at radius 2 is 1.84 bits per heavy atom. The SMILES string of the molecule is C/C(Nc1cc(N(C)C)nc(N2CCN(Cc3ccccc3)CC2)n1)=C1/CCCC(C)C1. The molecule has 2 aliphatic rings. The normalized spacial score (nSPS) is 21.4. The maximum atomic E-state index is 4.93. The van der Waals surface area contributed by atoms with E-state index in [9.17, 15) is 0 Å². The maximum Gasteiger partial charge on any atom is 0.229 e. The Labute approximate surface area is 193 Å². The summed E-state index contributed by atoms with van der Waals surface area (Å²) in [5.74, 6) is 3.45. The smallest absolute Gasteiger partial charge is 0.229 e. The topological polar surface area (TPSA) is 47.5 Å². The number of benzene rings is 1. The van der Waals surface area contributed by atoms with E-state index in [1.54, 1.807) is 5.57 Å². The van der Waals surface area contributed by atoms with Crippen molar-refractivity contribution in [1.29, 1.82) is 0 Å². The zero-order valence-corrected chi connectivity index (χ0v) is 20.1. The molecule has 0 bridgehead atoms. The average Bonchev–Trinajstić information content (AvgIpc) is 2.80. The molecule has 2 fully saturated rings. The van der Waals surface area contributed by atoms with E-state index >= 15 is 0 Å². The van der Waals surface area contributed by atoms with E-state index in [2.05, 4.69) is 70.3 Å². The number of rotatable bonds is 6. The van der Waals surface area contributed by atoms with Crippen LogP contribution in [-0.4, -0.2) is 55.1 Å². The molecule has 0 radical (unpaired) electrons. The molecule has 1 aromatic carbocycles. The summed E-state index contributed by atoms with van der Waals surface area (Å²) in [5, 5.41) is 3.61. The summed E-state index contributed by atoms with van der Waals surface area (Å²) >= 11 is 0. The number of nitrogens with one attached hydrogen (secondary N) is 1. The molecular weight excluding hydrogens is 396 g/mol. The van der Waals surface area contributed by atoms with Crippen LogP contribution in [0.1, 0.15) is 45.1 Å². The molecule has 1 atom stereocenters. The van der Waals surface area contributed by atoms with Crippen LogP contribution in [0.3, 0.4) is 0 Å². The van der Waals surface area contributed by atoms with Crippen LogP contribution in [0.4, 0.5) is 17.6 Å². The molecule has 1 aliphatic carbocycles. The van der Waals surface area contributed by atoms with Gasteiger partial charge in [-0.3, -0.25) is 4.90 Å². The first-order chi connectivity index (χ1) is 15.5. The van der Waals surface area contributed by atoms with Gasteiger partial charge in [-0.15, -0.1) is 0 Å². The van der Waals surface area contributed by atoms with Gasteiger partial charge in [-0.2, -0.15) is 9.97 Å². The average molecular weight is 435 g/mol. The van der Waals surface area contributed by atoms with E-state index in [-0.39, 0.29) is 0 Å². The maximum absolute atomic E-state index is 4.93. The van der Waals surface area contributed by atoms with Crippen LogP contribution >= 0.6 is 0 Å². The zero-order valence-electron chi connectivity index (χ0n) is 20.1. The zero-order chi connectivity index (χ0) is 22.5. The van der Waals surface area contributed by atoms with E-state index in [4.69, 9.17) is 9.97 Å². The monoisotopic (exact) mass is 434 g/mol. The van der Waals surface area contributed by atoms with Gasteiger partial charge < -0.3 is 15.1 Å². The highest BCUT2D eigenvalue weighted by Crippen LogP contribution is 2.31. The molecule has 172 valence electrons. The van der Waals surface area contributed by atoms with Gasteiger partial charge in [-0.05, 0) is 37.7 Å². The Hall–Kier alpha value is -2.60. The summed E-state index contributed by atoms with van der Waals surface area (Å²) in [4.78, 5) is 16.7. The van der Waals surface area contributed by atoms with Gasteiger partial charge >= 0.3 is 0 Å². The van der Waals surface area contributed by atoms with Crippen LogP contribution in [0.5, 0.6) is 0 Å². The first-order valence-corrected chi connectivity index (χ1v) is 12.0. The highest BCUT2D eigenvalue weighted by atomic mass is 15.3. The number of piperazine rings is 1. The van der Waals surface area contributed by atoms with Gasteiger partial charge in [0.25, 0.3) is 0 Å². The molecule has 1 N–H and O–H groups in total. The summed E-state index contributed by atoms with van der Waals surface area (Å²) in [6, 6.07) is 12.8. The minimum Gasteiger partial charge on any atom is -0.363 e. The fourth-order valence-electron chi connectivity index (χ4n) is 4.71. The molecule has 1 unspecified atom stereocenters. The highest BCUT2D eigenvalue weighted by Gasteiger charge is 2.21. The van der Waals surface area contributed by atoms with Crippen molar-refractivity contribution in [3.63, 3.8) is 0 Å². The van der Waals surface area contributed by atoms with Crippen LogP contribution in [0.15, 0.2) is 47.7 Å². The molecular formula is C26H38N6. The molecule has 0 spiro atoms. The second-order valence-electron chi connectivity index (χ2n) is 9.61. The van der Waals surface area contributed by atoms with Gasteiger partial charge in [-0.1, -0.05) is 49.2 Å². The van der Waals surface area contributed by atoms with Crippen molar-refractivity contribution in [2.45, 2.75) is 46.1 Å². The second kappa shape index (κ2) is 10.3. The molecule has 2 aromatic rings. The summed E-state index contributed by atoms with van der Waals surface area (Å²) in [6.45, 7) is 9.50. The van der Waals surface area contributed by atoms with Crippen molar-refractivity contribution < 1.29 is 0 Å². The van der Waals surface area contributed by atoms with Crippen molar-refractivity contribution in [3.05, 3.63) is 53.2 Å². The van der Waals surface area contributed by atoms with Gasteiger partial charge in [-0.25, -0.2) is 0 Å². The van der Waals surface area contributed by atoms with Crippen LogP contribution in [0.2, 0.25) is 0 Å². The lowest BCUT2D eigenvalue weighted by Gasteiger charge is -2.35. The number of anilines is 3. The Kier molecular flexibility index (Phi) is 7.30. The van der Waals surface area contributed by atoms with Crippen molar-refractivity contribution >= 4 is 17.6 Å². The fraction of sp³-hybridized carbons (Fsp3) is 0.538. The lowest BCUT2D eigenvalue weighted by molar-refractivity contribution is 0.249. The minimum absolute atomic E-state index is 0.779. The summed E-state index contributed by atoms with van der Waals surface area (Å²) in [6.07, 6.45) is 5.03. The molecule has 6 nitrogen and oxygen atoms in total. The van der Waals surface area contributed by atoms with Crippen LogP contribution in [0.25, 0.3) is 0 Å². The second-order valence-corrected chi connectivity index (χ2v) is 9.61. The Balaban J connectivity index is 1.46. The molecule has 32 heavy (non-hydrogen) atoms. The molecule has 6 heteroatoms. The highest BCUT2D eigenvalue weighted by molar-refractivity contribution is 5.56. The van der Waals surface area contributed by atoms with Crippen LogP contribution < -0.4 is 15.1 Å². The van der Waals surface area contributed by atoms with Gasteiger partial charge in [0.15, 0.2) is 0 Å². The molecule has 0 amide bonds. The van der Waals surface area contributed by atoms with Crippen LogP contribution in [0, 0.1) is 5.92 Å². The number of nitrogens with zero attached hydrogens (tertiary/aromatic N) is 5. The quantitative estimate of drug-likeness (QED) is 0.707. The van der Waals surface area contributed by atoms with Crippen LogP contribution in [-0.2, 0) is 6.54 Å². The molecule has 1 aromatic heterocycles. The van der Waals surface area contributed by atoms with Crippen molar-refractivity contribution in [3.8, 4) is 0 Å². The Bertz CT molecular complexity index is 915. The van der Waals surface area contributed by atoms with Gasteiger partial charge in [0.1, 0.15) is 11.6 Å². The van der Waals surface area contributed by atoms with E-state index < -0.39 is 0 Å². The third kappa shape index (κ3) is 5.80. The predicted molar refractivity (Wildman–Crippen MR) is 134 cm³/mol. The first kappa shape index (κ1) is 22.6. The van der Waals surface area contributed by atoms with Gasteiger partial charge in [0.2, 0.25) is 5.95 Å². The third-order valence-electron chi connectivity index (χ3n) is 6.68. The Morgan fingerprint density at radius 3 is 2.53 bits per heavy atom. The molecule has 4 rings (SSSR count). The summed E-state index contributed by atoms with van der Waals surface area (Å²) in [5.41, 5.74) is 4.18. The molecule has 2 heterocycles. The van der Waals surface area contributed by atoms with E-state index in [0.717, 1.165) is 56.2 Å². The summed E-state index contributed by atoms with van der Waals surface area (Å²) in [7, 11) is 4.09. The molecule has 1 saturated carbocycles. The number of hydrogen-bond acceptors (Lipinski definition) is 6. The Morgan fingerprint density at radius 1 is 1.09 bits per heavy atom. The molecule has 1 saturated heterocycles. The standard InChI is InChI=1S/C26H38N6/c1-20-9-8-12-23(17-20)21(2)27-24-18-25(30(3)4)29-26(28-24)32-15-13-31(14-16-32)19-22-10-6-5-7-11-22/h5-7,10-11,18,20H,8-9,12-17,19H2,1-4H3,(H,27,28,29)/b23-21+. The lowest BCUT2D eigenvalue weighted by Crippen LogP contribution is -2.46. The predicted octanol–water partition coefficient (Wildman–Crippen LogP) is 4.76. The van der Waals surface area contributed by atoms with Crippen molar-refractivity contribution in [1.82, 2.24) is 14.9 Å². The minimum atomic E-state index is 0.779. The van der Waals surface area contributed by atoms with Gasteiger partial charge in [0, 0.05) is 58.6 Å². The van der Waals surface area contributed by atoms with Crippen molar-refractivity contribution in [2.24, 2.45) is 5.92 Å². The van der Waals surface area contributed by atoms with Crippen molar-refractivity contribution in [2.75, 3.05) is 55.4 Å². The number of hydrogen-bond donors (Lipinski definition) is 1. The van der Waals surface area contributed by atoms with E-state index in [1.165, 1.54) is 36.9 Å². The van der Waals surface area contributed by atoms with E-state index in [1.807, 2.05) is 14.1 Å². The first-order valence-electron chi connectivity index (χ1n) is 12.0. The third-order valence-corrected chi connectivity index (χ3v) is 6.68. The largest absolute Gasteiger partial charge is 0.363 e. The summed E-state index contributed by atoms with van der Waals surface area (Å²) < 4.78 is 0. The molecule has 1 aliphatic heterocycles. The van der Waals surface area contributed by atoms with E-state index in [0.29, 0.717) is 0 Å². The number of aromatic nitrogens is 2. The number of allylic oxidation sites excluding steroid dienone is 2.